The van der Waals surface area contributed by atoms with Gasteiger partial charge in [0.25, 0.3) is 0 Å². The molecule has 0 bridgehead atoms. The molecule has 8 heteroatoms. The van der Waals surface area contributed by atoms with Gasteiger partial charge in [0.05, 0.1) is 28.0 Å². The third-order valence-electron chi connectivity index (χ3n) is 5.91. The van der Waals surface area contributed by atoms with E-state index in [1.165, 1.54) is 0 Å². The Balaban J connectivity index is 1.75. The van der Waals surface area contributed by atoms with Gasteiger partial charge in [-0.25, -0.2) is 4.79 Å². The van der Waals surface area contributed by atoms with Crippen molar-refractivity contribution in [1.82, 2.24) is 25.1 Å². The molecule has 1 saturated heterocycles. The summed E-state index contributed by atoms with van der Waals surface area (Å²) < 4.78 is 0. The maximum absolute atomic E-state index is 13.0. The quantitative estimate of drug-likeness (QED) is 0.721. The van der Waals surface area contributed by atoms with E-state index in [1.807, 2.05) is 31.0 Å². The first-order valence-electron chi connectivity index (χ1n) is 10.1. The summed E-state index contributed by atoms with van der Waals surface area (Å²) in [6, 6.07) is 3.49. The lowest BCUT2D eigenvalue weighted by molar-refractivity contribution is 0.0446. The Bertz CT molecular complexity index is 906. The summed E-state index contributed by atoms with van der Waals surface area (Å²) in [5.74, 6) is 0. The molecular formula is C22H29Cl2N5O. The fraction of sp³-hybridized carbons (Fsp3) is 0.500. The number of benzene rings is 1. The lowest BCUT2D eigenvalue weighted by Gasteiger charge is -2.47. The number of halogens is 2. The first-order chi connectivity index (χ1) is 14.1. The number of carbonyl (C=O) groups is 1. The Kier molecular flexibility index (Phi) is 6.90. The summed E-state index contributed by atoms with van der Waals surface area (Å²) in [4.78, 5) is 25.5. The fourth-order valence-corrected chi connectivity index (χ4v) is 4.97. The Morgan fingerprint density at radius 1 is 1.30 bits per heavy atom. The second-order valence-electron chi connectivity index (χ2n) is 8.73. The summed E-state index contributed by atoms with van der Waals surface area (Å²) >= 11 is 13.1. The van der Waals surface area contributed by atoms with Crippen LogP contribution in [-0.4, -0.2) is 59.0 Å². The van der Waals surface area contributed by atoms with E-state index in [-0.39, 0.29) is 23.5 Å². The Morgan fingerprint density at radius 3 is 2.67 bits per heavy atom. The molecule has 1 unspecified atom stereocenters. The molecule has 0 aliphatic carbocycles. The van der Waals surface area contributed by atoms with Gasteiger partial charge in [-0.1, -0.05) is 49.2 Å². The number of urea groups is 1. The zero-order chi connectivity index (χ0) is 22.1. The summed E-state index contributed by atoms with van der Waals surface area (Å²) in [5, 5.41) is 3.89. The van der Waals surface area contributed by atoms with Gasteiger partial charge in [-0.3, -0.25) is 9.97 Å². The van der Waals surface area contributed by atoms with Crippen molar-refractivity contribution in [2.45, 2.75) is 39.3 Å². The van der Waals surface area contributed by atoms with Gasteiger partial charge in [-0.15, -0.1) is 0 Å². The molecule has 1 N–H and O–H groups in total. The van der Waals surface area contributed by atoms with Crippen molar-refractivity contribution < 1.29 is 4.79 Å². The van der Waals surface area contributed by atoms with Crippen LogP contribution in [0, 0.1) is 5.41 Å². The van der Waals surface area contributed by atoms with Crippen molar-refractivity contribution in [2.75, 3.05) is 27.2 Å². The smallest absolute Gasteiger partial charge is 0.317 e. The monoisotopic (exact) mass is 449 g/mol. The minimum Gasteiger partial charge on any atom is -0.331 e. The van der Waals surface area contributed by atoms with Crippen LogP contribution in [0.2, 0.25) is 10.0 Å². The first kappa shape index (κ1) is 22.8. The predicted octanol–water partition coefficient (Wildman–Crippen LogP) is 4.88. The predicted molar refractivity (Wildman–Crippen MR) is 122 cm³/mol. The third kappa shape index (κ3) is 4.71. The lowest BCUT2D eigenvalue weighted by atomic mass is 9.78. The van der Waals surface area contributed by atoms with Gasteiger partial charge in [0, 0.05) is 37.6 Å². The molecule has 1 aromatic heterocycles. The number of nitrogens with zero attached hydrogens (tertiary/aromatic N) is 4. The second kappa shape index (κ2) is 9.08. The van der Waals surface area contributed by atoms with Crippen LogP contribution in [-0.2, 0) is 0 Å². The van der Waals surface area contributed by atoms with Crippen molar-refractivity contribution in [3.05, 3.63) is 46.3 Å². The van der Waals surface area contributed by atoms with Gasteiger partial charge in [0.15, 0.2) is 0 Å². The number of hydrogen-bond donors (Lipinski definition) is 1. The number of likely N-dealkylation sites (tertiary alicyclic amines) is 1. The van der Waals surface area contributed by atoms with E-state index in [1.54, 1.807) is 18.6 Å². The molecule has 1 aliphatic heterocycles. The van der Waals surface area contributed by atoms with E-state index in [0.29, 0.717) is 21.3 Å². The molecule has 1 aromatic carbocycles. The number of rotatable bonds is 4. The number of aromatic nitrogens is 2. The van der Waals surface area contributed by atoms with Crippen LogP contribution in [0.25, 0.3) is 11.3 Å². The molecule has 0 spiro atoms. The van der Waals surface area contributed by atoms with Crippen molar-refractivity contribution in [2.24, 2.45) is 5.41 Å². The van der Waals surface area contributed by atoms with E-state index < -0.39 is 0 Å². The summed E-state index contributed by atoms with van der Waals surface area (Å²) in [6.45, 7) is 8.26. The summed E-state index contributed by atoms with van der Waals surface area (Å²) in [6.07, 6.45) is 5.80. The first-order valence-corrected chi connectivity index (χ1v) is 10.8. The lowest BCUT2D eigenvalue weighted by Crippen LogP contribution is -2.57. The molecule has 1 aliphatic rings. The average molecular weight is 450 g/mol. The van der Waals surface area contributed by atoms with Crippen LogP contribution in [0.5, 0.6) is 0 Å². The highest BCUT2D eigenvalue weighted by Crippen LogP contribution is 2.37. The molecular weight excluding hydrogens is 421 g/mol. The van der Waals surface area contributed by atoms with Crippen molar-refractivity contribution in [3.8, 4) is 11.3 Å². The number of piperidine rings is 1. The molecule has 0 saturated carbocycles. The molecule has 30 heavy (non-hydrogen) atoms. The van der Waals surface area contributed by atoms with E-state index in [2.05, 4.69) is 41.1 Å². The van der Waals surface area contributed by atoms with Crippen LogP contribution in [0.3, 0.4) is 0 Å². The van der Waals surface area contributed by atoms with Gasteiger partial charge in [-0.05, 0) is 37.9 Å². The van der Waals surface area contributed by atoms with Gasteiger partial charge in [0.2, 0.25) is 0 Å². The van der Waals surface area contributed by atoms with E-state index >= 15 is 0 Å². The number of amides is 2. The molecule has 2 aromatic rings. The Labute approximate surface area is 188 Å². The molecule has 2 atom stereocenters. The fourth-order valence-electron chi connectivity index (χ4n) is 4.37. The molecule has 3 rings (SSSR count). The zero-order valence-corrected chi connectivity index (χ0v) is 19.6. The van der Waals surface area contributed by atoms with E-state index in [9.17, 15) is 4.79 Å². The molecule has 2 heterocycles. The topological polar surface area (TPSA) is 61.4 Å². The van der Waals surface area contributed by atoms with Gasteiger partial charge in [-0.2, -0.15) is 0 Å². The SMILES string of the molecule is C[C@H](NC(=O)N(C)C1CCN(C)CC1(C)C)c1ccc(-c2cnccn2)c(Cl)c1Cl. The Morgan fingerprint density at radius 2 is 2.03 bits per heavy atom. The highest BCUT2D eigenvalue weighted by Gasteiger charge is 2.39. The number of nitrogens with one attached hydrogen (secondary N) is 1. The summed E-state index contributed by atoms with van der Waals surface area (Å²) in [7, 11) is 3.99. The second-order valence-corrected chi connectivity index (χ2v) is 9.49. The summed E-state index contributed by atoms with van der Waals surface area (Å²) in [5.41, 5.74) is 2.14. The van der Waals surface area contributed by atoms with E-state index in [0.717, 1.165) is 25.1 Å². The van der Waals surface area contributed by atoms with Gasteiger partial charge >= 0.3 is 6.03 Å². The number of hydrogen-bond acceptors (Lipinski definition) is 4. The zero-order valence-electron chi connectivity index (χ0n) is 18.1. The van der Waals surface area contributed by atoms with Crippen molar-refractivity contribution >= 4 is 29.2 Å². The minimum atomic E-state index is -0.296. The van der Waals surface area contributed by atoms with Crippen LogP contribution in [0.1, 0.15) is 38.8 Å². The molecule has 0 radical (unpaired) electrons. The minimum absolute atomic E-state index is 0.0155. The largest absolute Gasteiger partial charge is 0.331 e. The normalized spacial score (nSPS) is 19.9. The average Bonchev–Trinajstić information content (AvgIpc) is 2.69. The van der Waals surface area contributed by atoms with Crippen molar-refractivity contribution in [1.29, 1.82) is 0 Å². The van der Waals surface area contributed by atoms with Crippen LogP contribution in [0.15, 0.2) is 30.7 Å². The standard InChI is InChI=1S/C22H29Cl2N5O/c1-14(27-21(30)29(5)18-8-11-28(4)13-22(18,2)3)15-6-7-16(20(24)19(15)23)17-12-25-9-10-26-17/h6-7,9-10,12,14,18H,8,11,13H2,1-5H3,(H,27,30)/t14-,18?/m0/s1. The van der Waals surface area contributed by atoms with Crippen molar-refractivity contribution in [3.63, 3.8) is 0 Å². The number of carbonyl (C=O) groups excluding carboxylic acids is 1. The van der Waals surface area contributed by atoms with E-state index in [4.69, 9.17) is 23.2 Å². The maximum atomic E-state index is 13.0. The highest BCUT2D eigenvalue weighted by atomic mass is 35.5. The van der Waals surface area contributed by atoms with Crippen LogP contribution in [0.4, 0.5) is 4.79 Å². The molecule has 1 fully saturated rings. The molecule has 2 amide bonds. The highest BCUT2D eigenvalue weighted by molar-refractivity contribution is 6.44. The Hall–Kier alpha value is -1.89. The van der Waals surface area contributed by atoms with Crippen LogP contribution >= 0.6 is 23.2 Å². The maximum Gasteiger partial charge on any atom is 0.317 e. The molecule has 6 nitrogen and oxygen atoms in total. The molecule has 162 valence electrons. The van der Waals surface area contributed by atoms with Gasteiger partial charge < -0.3 is 15.1 Å². The third-order valence-corrected chi connectivity index (χ3v) is 6.81. The van der Waals surface area contributed by atoms with Crippen LogP contribution < -0.4 is 5.32 Å². The van der Waals surface area contributed by atoms with Gasteiger partial charge in [0.1, 0.15) is 0 Å².